The maximum Gasteiger partial charge on any atom is 0.335 e. The van der Waals surface area contributed by atoms with Crippen molar-refractivity contribution in [2.24, 2.45) is 0 Å². The SMILES string of the molecule is CCCN(CCC)c1ccccc1C(C(=O)NCC)c1ccc(C(=O)O)cc1. The van der Waals surface area contributed by atoms with Crippen LogP contribution in [0, 0.1) is 0 Å². The Morgan fingerprint density at radius 2 is 1.57 bits per heavy atom. The molecule has 2 rings (SSSR count). The van der Waals surface area contributed by atoms with E-state index in [0.29, 0.717) is 6.54 Å². The number of carbonyl (C=O) groups is 2. The van der Waals surface area contributed by atoms with Gasteiger partial charge in [-0.1, -0.05) is 44.2 Å². The van der Waals surface area contributed by atoms with Crippen LogP contribution in [-0.2, 0) is 4.79 Å². The zero-order chi connectivity index (χ0) is 20.5. The molecule has 5 heteroatoms. The number of carboxylic acid groups (broad SMARTS) is 1. The van der Waals surface area contributed by atoms with Crippen LogP contribution in [0.15, 0.2) is 48.5 Å². The molecule has 2 aromatic carbocycles. The van der Waals surface area contributed by atoms with Gasteiger partial charge in [-0.2, -0.15) is 0 Å². The maximum atomic E-state index is 13.0. The van der Waals surface area contributed by atoms with E-state index in [1.54, 1.807) is 24.3 Å². The van der Waals surface area contributed by atoms with Crippen LogP contribution in [0.5, 0.6) is 0 Å². The fraction of sp³-hybridized carbons (Fsp3) is 0.391. The van der Waals surface area contributed by atoms with E-state index in [-0.39, 0.29) is 11.5 Å². The highest BCUT2D eigenvalue weighted by Crippen LogP contribution is 2.33. The van der Waals surface area contributed by atoms with Gasteiger partial charge >= 0.3 is 5.97 Å². The van der Waals surface area contributed by atoms with Gasteiger partial charge in [0, 0.05) is 25.3 Å². The number of para-hydroxylation sites is 1. The number of rotatable bonds is 10. The number of carbonyl (C=O) groups excluding carboxylic acids is 1. The molecule has 5 nitrogen and oxygen atoms in total. The minimum absolute atomic E-state index is 0.0778. The molecule has 1 atom stereocenters. The van der Waals surface area contributed by atoms with Gasteiger partial charge < -0.3 is 15.3 Å². The van der Waals surface area contributed by atoms with Crippen molar-refractivity contribution in [3.8, 4) is 0 Å². The van der Waals surface area contributed by atoms with Crippen molar-refractivity contribution >= 4 is 17.6 Å². The molecule has 0 radical (unpaired) electrons. The Morgan fingerprint density at radius 1 is 0.964 bits per heavy atom. The molecule has 150 valence electrons. The number of amides is 1. The number of aromatic carboxylic acids is 1. The predicted molar refractivity (Wildman–Crippen MR) is 113 cm³/mol. The molecule has 1 amide bonds. The number of nitrogens with zero attached hydrogens (tertiary/aromatic N) is 1. The molecule has 28 heavy (non-hydrogen) atoms. The van der Waals surface area contributed by atoms with Crippen molar-refractivity contribution in [2.75, 3.05) is 24.5 Å². The molecule has 0 heterocycles. The number of nitrogens with one attached hydrogen (secondary N) is 1. The molecular formula is C23H30N2O3. The van der Waals surface area contributed by atoms with Crippen LogP contribution in [0.3, 0.4) is 0 Å². The summed E-state index contributed by atoms with van der Waals surface area (Å²) in [7, 11) is 0. The Morgan fingerprint density at radius 3 is 2.11 bits per heavy atom. The van der Waals surface area contributed by atoms with Crippen LogP contribution in [0.25, 0.3) is 0 Å². The minimum Gasteiger partial charge on any atom is -0.478 e. The number of hydrogen-bond donors (Lipinski definition) is 2. The summed E-state index contributed by atoms with van der Waals surface area (Å²) >= 11 is 0. The van der Waals surface area contributed by atoms with E-state index >= 15 is 0 Å². The Labute approximate surface area is 167 Å². The van der Waals surface area contributed by atoms with Crippen LogP contribution in [0.4, 0.5) is 5.69 Å². The average molecular weight is 383 g/mol. The largest absolute Gasteiger partial charge is 0.478 e. The van der Waals surface area contributed by atoms with Crippen molar-refractivity contribution in [1.82, 2.24) is 5.32 Å². The standard InChI is InChI=1S/C23H30N2O3/c1-4-15-25(16-5-2)20-10-8-7-9-19(20)21(22(26)24-6-3)17-11-13-18(14-12-17)23(27)28/h7-14,21H,4-6,15-16H2,1-3H3,(H,24,26)(H,27,28). The Bertz CT molecular complexity index is 781. The van der Waals surface area contributed by atoms with Crippen molar-refractivity contribution < 1.29 is 14.7 Å². The second-order valence-corrected chi connectivity index (χ2v) is 6.80. The molecule has 0 aliphatic carbocycles. The van der Waals surface area contributed by atoms with E-state index in [1.807, 2.05) is 25.1 Å². The lowest BCUT2D eigenvalue weighted by atomic mass is 9.88. The lowest BCUT2D eigenvalue weighted by Crippen LogP contribution is -2.32. The lowest BCUT2D eigenvalue weighted by Gasteiger charge is -2.29. The van der Waals surface area contributed by atoms with Gasteiger partial charge in [0.25, 0.3) is 0 Å². The third-order valence-corrected chi connectivity index (χ3v) is 4.68. The quantitative estimate of drug-likeness (QED) is 0.643. The van der Waals surface area contributed by atoms with Gasteiger partial charge in [0.05, 0.1) is 11.5 Å². The average Bonchev–Trinajstić information content (AvgIpc) is 2.69. The lowest BCUT2D eigenvalue weighted by molar-refractivity contribution is -0.121. The van der Waals surface area contributed by atoms with E-state index in [4.69, 9.17) is 0 Å². The van der Waals surface area contributed by atoms with Gasteiger partial charge in [-0.15, -0.1) is 0 Å². The Hall–Kier alpha value is -2.82. The number of anilines is 1. The van der Waals surface area contributed by atoms with Gasteiger partial charge in [0.2, 0.25) is 5.91 Å². The normalized spacial score (nSPS) is 11.7. The second kappa shape index (κ2) is 10.5. The van der Waals surface area contributed by atoms with E-state index in [0.717, 1.165) is 42.7 Å². The smallest absolute Gasteiger partial charge is 0.335 e. The Kier molecular flexibility index (Phi) is 8.05. The molecule has 0 saturated heterocycles. The molecular weight excluding hydrogens is 352 g/mol. The van der Waals surface area contributed by atoms with Gasteiger partial charge in [-0.25, -0.2) is 4.79 Å². The molecule has 2 aromatic rings. The highest BCUT2D eigenvalue weighted by atomic mass is 16.4. The van der Waals surface area contributed by atoms with E-state index < -0.39 is 11.9 Å². The summed E-state index contributed by atoms with van der Waals surface area (Å²) in [5.74, 6) is -1.54. The number of hydrogen-bond acceptors (Lipinski definition) is 3. The highest BCUT2D eigenvalue weighted by molar-refractivity contribution is 5.90. The first-order valence-electron chi connectivity index (χ1n) is 9.98. The first-order chi connectivity index (χ1) is 13.5. The maximum absolute atomic E-state index is 13.0. The summed E-state index contributed by atoms with van der Waals surface area (Å²) in [5, 5.41) is 12.1. The molecule has 0 aliphatic rings. The highest BCUT2D eigenvalue weighted by Gasteiger charge is 2.26. The minimum atomic E-state index is -0.974. The summed E-state index contributed by atoms with van der Waals surface area (Å²) in [4.78, 5) is 26.5. The van der Waals surface area contributed by atoms with E-state index in [9.17, 15) is 14.7 Å². The summed E-state index contributed by atoms with van der Waals surface area (Å²) < 4.78 is 0. The molecule has 1 unspecified atom stereocenters. The fourth-order valence-corrected chi connectivity index (χ4v) is 3.48. The van der Waals surface area contributed by atoms with Crippen molar-refractivity contribution in [3.05, 3.63) is 65.2 Å². The van der Waals surface area contributed by atoms with Gasteiger partial charge in [0.1, 0.15) is 0 Å². The summed E-state index contributed by atoms with van der Waals surface area (Å²) in [6, 6.07) is 14.6. The van der Waals surface area contributed by atoms with Gasteiger partial charge in [-0.05, 0) is 49.1 Å². The molecule has 0 aromatic heterocycles. The fourth-order valence-electron chi connectivity index (χ4n) is 3.48. The third kappa shape index (κ3) is 5.12. The summed E-state index contributed by atoms with van der Waals surface area (Å²) in [6.45, 7) is 8.58. The topological polar surface area (TPSA) is 69.6 Å². The van der Waals surface area contributed by atoms with Crippen LogP contribution in [-0.4, -0.2) is 36.6 Å². The molecule has 0 bridgehead atoms. The van der Waals surface area contributed by atoms with Gasteiger partial charge in [-0.3, -0.25) is 4.79 Å². The Balaban J connectivity index is 2.55. The first-order valence-corrected chi connectivity index (χ1v) is 9.98. The number of benzene rings is 2. The van der Waals surface area contributed by atoms with Gasteiger partial charge in [0.15, 0.2) is 0 Å². The molecule has 0 saturated carbocycles. The molecule has 0 spiro atoms. The van der Waals surface area contributed by atoms with Crippen molar-refractivity contribution in [3.63, 3.8) is 0 Å². The second-order valence-electron chi connectivity index (χ2n) is 6.80. The van der Waals surface area contributed by atoms with Crippen LogP contribution in [0.2, 0.25) is 0 Å². The molecule has 0 fully saturated rings. The summed E-state index contributed by atoms with van der Waals surface area (Å²) in [6.07, 6.45) is 2.04. The monoisotopic (exact) mass is 382 g/mol. The molecule has 2 N–H and O–H groups in total. The first kappa shape index (κ1) is 21.5. The number of likely N-dealkylation sites (N-methyl/N-ethyl adjacent to an activating group) is 1. The van der Waals surface area contributed by atoms with Crippen molar-refractivity contribution in [2.45, 2.75) is 39.5 Å². The zero-order valence-electron chi connectivity index (χ0n) is 16.9. The third-order valence-electron chi connectivity index (χ3n) is 4.68. The zero-order valence-corrected chi connectivity index (χ0v) is 16.9. The van der Waals surface area contributed by atoms with Crippen LogP contribution >= 0.6 is 0 Å². The van der Waals surface area contributed by atoms with Crippen molar-refractivity contribution in [1.29, 1.82) is 0 Å². The number of carboxylic acids is 1. The predicted octanol–water partition coefficient (Wildman–Crippen LogP) is 4.28. The van der Waals surface area contributed by atoms with Crippen LogP contribution in [0.1, 0.15) is 61.0 Å². The summed E-state index contributed by atoms with van der Waals surface area (Å²) in [5.41, 5.74) is 3.00. The van der Waals surface area contributed by atoms with E-state index in [2.05, 4.69) is 30.1 Å². The van der Waals surface area contributed by atoms with Crippen LogP contribution < -0.4 is 10.2 Å². The molecule has 0 aliphatic heterocycles. The van der Waals surface area contributed by atoms with E-state index in [1.165, 1.54) is 0 Å².